The summed E-state index contributed by atoms with van der Waals surface area (Å²) in [6.07, 6.45) is 3.18. The molecule has 0 aliphatic carbocycles. The Balaban J connectivity index is 2.18. The third-order valence-electron chi connectivity index (χ3n) is 1.74. The van der Waals surface area contributed by atoms with Crippen molar-refractivity contribution in [3.05, 3.63) is 52.1 Å². The first kappa shape index (κ1) is 9.39. The number of aromatic amines is 1. The summed E-state index contributed by atoms with van der Waals surface area (Å²) in [7, 11) is 0. The fourth-order valence-corrected chi connectivity index (χ4v) is 1.05. The molecule has 1 N–H and O–H groups in total. The van der Waals surface area contributed by atoms with E-state index in [1.165, 1.54) is 18.2 Å². The van der Waals surface area contributed by atoms with Crippen molar-refractivity contribution >= 4 is 12.2 Å². The molecule has 0 saturated heterocycles. The number of hydrogen-bond donors (Lipinski definition) is 1. The molecule has 0 radical (unpaired) electrons. The third kappa shape index (κ3) is 2.40. The number of hydrogen-bond acceptors (Lipinski definition) is 3. The molecular weight excluding hydrogens is 199 g/mol. The van der Waals surface area contributed by atoms with Crippen LogP contribution in [0.4, 0.5) is 4.39 Å². The van der Waals surface area contributed by atoms with Gasteiger partial charge in [0.1, 0.15) is 5.82 Å². The van der Waals surface area contributed by atoms with Gasteiger partial charge in [0, 0.05) is 6.08 Å². The Morgan fingerprint density at radius 2 is 2.00 bits per heavy atom. The molecule has 0 atom stereocenters. The summed E-state index contributed by atoms with van der Waals surface area (Å²) in [5.41, 5.74) is 0.794. The average molecular weight is 206 g/mol. The molecule has 0 saturated carbocycles. The van der Waals surface area contributed by atoms with Gasteiger partial charge >= 0.3 is 5.76 Å². The molecule has 0 amide bonds. The van der Waals surface area contributed by atoms with Crippen LogP contribution >= 0.6 is 0 Å². The molecule has 0 unspecified atom stereocenters. The molecule has 1 aromatic carbocycles. The van der Waals surface area contributed by atoms with E-state index >= 15 is 0 Å². The fourth-order valence-electron chi connectivity index (χ4n) is 1.05. The molecule has 2 rings (SSSR count). The van der Waals surface area contributed by atoms with E-state index < -0.39 is 5.76 Å². The van der Waals surface area contributed by atoms with Crippen molar-refractivity contribution < 1.29 is 8.81 Å². The highest BCUT2D eigenvalue weighted by atomic mass is 19.1. The summed E-state index contributed by atoms with van der Waals surface area (Å²) in [5, 5.41) is 5.71. The lowest BCUT2D eigenvalue weighted by molar-refractivity contribution is 0.504. The normalized spacial score (nSPS) is 11.0. The van der Waals surface area contributed by atoms with E-state index in [4.69, 9.17) is 0 Å². The second-order valence-corrected chi connectivity index (χ2v) is 2.84. The maximum Gasteiger partial charge on any atom is 0.434 e. The predicted molar refractivity (Wildman–Crippen MR) is 52.5 cm³/mol. The van der Waals surface area contributed by atoms with Crippen molar-refractivity contribution in [3.8, 4) is 0 Å². The number of benzene rings is 1. The Hall–Kier alpha value is -2.17. The molecule has 15 heavy (non-hydrogen) atoms. The van der Waals surface area contributed by atoms with Crippen molar-refractivity contribution in [1.29, 1.82) is 0 Å². The highest BCUT2D eigenvalue weighted by Gasteiger charge is 1.94. The van der Waals surface area contributed by atoms with Crippen molar-refractivity contribution in [2.45, 2.75) is 0 Å². The summed E-state index contributed by atoms with van der Waals surface area (Å²) >= 11 is 0. The summed E-state index contributed by atoms with van der Waals surface area (Å²) < 4.78 is 17.2. The largest absolute Gasteiger partial charge is 0.434 e. The molecule has 2 aromatic rings. The summed E-state index contributed by atoms with van der Waals surface area (Å²) in [6.45, 7) is 0. The zero-order valence-corrected chi connectivity index (χ0v) is 7.61. The first-order valence-corrected chi connectivity index (χ1v) is 4.23. The second-order valence-electron chi connectivity index (χ2n) is 2.84. The van der Waals surface area contributed by atoms with E-state index in [1.54, 1.807) is 18.2 Å². The van der Waals surface area contributed by atoms with Crippen LogP contribution in [0.3, 0.4) is 0 Å². The van der Waals surface area contributed by atoms with E-state index in [9.17, 15) is 9.18 Å². The number of halogens is 1. The minimum absolute atomic E-state index is 0.185. The van der Waals surface area contributed by atoms with Gasteiger partial charge < -0.3 is 4.42 Å². The molecule has 4 nitrogen and oxygen atoms in total. The second kappa shape index (κ2) is 3.91. The van der Waals surface area contributed by atoms with Gasteiger partial charge in [-0.3, -0.25) is 0 Å². The van der Waals surface area contributed by atoms with Crippen LogP contribution in [0, 0.1) is 5.82 Å². The maximum atomic E-state index is 12.6. The monoisotopic (exact) mass is 206 g/mol. The lowest BCUT2D eigenvalue weighted by Crippen LogP contribution is -1.93. The number of rotatable bonds is 2. The minimum atomic E-state index is -0.603. The molecule has 1 heterocycles. The Morgan fingerprint density at radius 1 is 1.27 bits per heavy atom. The Labute approximate surface area is 84.1 Å². The van der Waals surface area contributed by atoms with Crippen molar-refractivity contribution in [3.63, 3.8) is 0 Å². The highest BCUT2D eigenvalue weighted by Crippen LogP contribution is 2.06. The zero-order chi connectivity index (χ0) is 10.7. The molecule has 76 valence electrons. The van der Waals surface area contributed by atoms with Crippen LogP contribution in [0.5, 0.6) is 0 Å². The van der Waals surface area contributed by atoms with E-state index in [0.29, 0.717) is 0 Å². The quantitative estimate of drug-likeness (QED) is 0.813. The van der Waals surface area contributed by atoms with Gasteiger partial charge in [-0.05, 0) is 23.8 Å². The van der Waals surface area contributed by atoms with E-state index in [0.717, 1.165) is 5.56 Å². The smallest absolute Gasteiger partial charge is 0.388 e. The SMILES string of the molecule is O=c1[nH]nc(/C=C/c2ccc(F)cc2)o1. The number of H-pyrrole nitrogens is 1. The van der Waals surface area contributed by atoms with Gasteiger partial charge in [-0.25, -0.2) is 14.3 Å². The van der Waals surface area contributed by atoms with Crippen molar-refractivity contribution in [1.82, 2.24) is 10.2 Å². The van der Waals surface area contributed by atoms with Gasteiger partial charge in [0.2, 0.25) is 5.89 Å². The number of nitrogens with zero attached hydrogens (tertiary/aromatic N) is 1. The highest BCUT2D eigenvalue weighted by molar-refractivity contribution is 5.65. The third-order valence-corrected chi connectivity index (χ3v) is 1.74. The first-order valence-electron chi connectivity index (χ1n) is 4.23. The van der Waals surface area contributed by atoms with Crippen LogP contribution in [0.15, 0.2) is 33.5 Å². The van der Waals surface area contributed by atoms with Crippen LogP contribution in [-0.2, 0) is 0 Å². The molecule has 0 fully saturated rings. The predicted octanol–water partition coefficient (Wildman–Crippen LogP) is 1.67. The van der Waals surface area contributed by atoms with Gasteiger partial charge in [0.05, 0.1) is 0 Å². The van der Waals surface area contributed by atoms with Gasteiger partial charge in [0.25, 0.3) is 0 Å². The van der Waals surface area contributed by atoms with Crippen LogP contribution < -0.4 is 5.76 Å². The van der Waals surface area contributed by atoms with Crippen LogP contribution in [0.2, 0.25) is 0 Å². The van der Waals surface area contributed by atoms with E-state index in [1.807, 2.05) is 0 Å². The number of nitrogens with one attached hydrogen (secondary N) is 1. The van der Waals surface area contributed by atoms with Gasteiger partial charge in [-0.1, -0.05) is 12.1 Å². The molecule has 1 aromatic heterocycles. The van der Waals surface area contributed by atoms with E-state index in [-0.39, 0.29) is 11.7 Å². The molecule has 0 spiro atoms. The van der Waals surface area contributed by atoms with Gasteiger partial charge in [0.15, 0.2) is 0 Å². The molecular formula is C10H7FN2O2. The Kier molecular flexibility index (Phi) is 2.45. The van der Waals surface area contributed by atoms with Crippen LogP contribution in [0.1, 0.15) is 11.5 Å². The van der Waals surface area contributed by atoms with Gasteiger partial charge in [-0.15, -0.1) is 5.10 Å². The molecule has 5 heteroatoms. The summed E-state index contributed by atoms with van der Waals surface area (Å²) in [4.78, 5) is 10.6. The van der Waals surface area contributed by atoms with Crippen LogP contribution in [0.25, 0.3) is 12.2 Å². The van der Waals surface area contributed by atoms with Crippen molar-refractivity contribution in [2.24, 2.45) is 0 Å². The van der Waals surface area contributed by atoms with Gasteiger partial charge in [-0.2, -0.15) is 0 Å². The lowest BCUT2D eigenvalue weighted by Gasteiger charge is -1.90. The standard InChI is InChI=1S/C10H7FN2O2/c11-8-4-1-7(2-5-8)3-6-9-12-13-10(14)15-9/h1-6H,(H,13,14)/b6-3+. The molecule has 0 aliphatic heterocycles. The van der Waals surface area contributed by atoms with Crippen molar-refractivity contribution in [2.75, 3.05) is 0 Å². The lowest BCUT2D eigenvalue weighted by atomic mass is 10.2. The minimum Gasteiger partial charge on any atom is -0.388 e. The summed E-state index contributed by atoms with van der Waals surface area (Å²) in [5.74, 6) is -0.712. The zero-order valence-electron chi connectivity index (χ0n) is 7.61. The molecule has 0 aliphatic rings. The Bertz CT molecular complexity index is 525. The number of aromatic nitrogens is 2. The van der Waals surface area contributed by atoms with E-state index in [2.05, 4.69) is 14.6 Å². The maximum absolute atomic E-state index is 12.6. The topological polar surface area (TPSA) is 58.9 Å². The molecule has 0 bridgehead atoms. The fraction of sp³-hybridized carbons (Fsp3) is 0. The first-order chi connectivity index (χ1) is 7.24. The summed E-state index contributed by atoms with van der Waals surface area (Å²) in [6, 6.07) is 5.91. The van der Waals surface area contributed by atoms with Crippen LogP contribution in [-0.4, -0.2) is 10.2 Å². The average Bonchev–Trinajstić information content (AvgIpc) is 2.64. The Morgan fingerprint density at radius 3 is 2.60 bits per heavy atom.